The van der Waals surface area contributed by atoms with Crippen molar-refractivity contribution in [3.05, 3.63) is 57.3 Å². The lowest BCUT2D eigenvalue weighted by atomic mass is 9.99. The summed E-state index contributed by atoms with van der Waals surface area (Å²) in [5, 5.41) is 5.47. The van der Waals surface area contributed by atoms with E-state index >= 15 is 0 Å². The Balaban J connectivity index is 1.57. The van der Waals surface area contributed by atoms with Gasteiger partial charge in [-0.3, -0.25) is 4.90 Å². The average molecular weight is 431 g/mol. The summed E-state index contributed by atoms with van der Waals surface area (Å²) in [6.45, 7) is 2.37. The summed E-state index contributed by atoms with van der Waals surface area (Å²) in [5.74, 6) is 2.36. The summed E-state index contributed by atoms with van der Waals surface area (Å²) >= 11 is 11.6. The van der Waals surface area contributed by atoms with Crippen molar-refractivity contribution < 1.29 is 9.47 Å². The van der Waals surface area contributed by atoms with Crippen LogP contribution in [0.1, 0.15) is 11.1 Å². The fraction of sp³-hybridized carbons (Fsp3) is 0.333. The van der Waals surface area contributed by atoms with Gasteiger partial charge >= 0.3 is 0 Å². The van der Waals surface area contributed by atoms with Crippen LogP contribution in [0, 0.1) is 4.77 Å². The van der Waals surface area contributed by atoms with Crippen LogP contribution in [-0.2, 0) is 26.7 Å². The van der Waals surface area contributed by atoms with Gasteiger partial charge in [-0.15, -0.1) is 0 Å². The fourth-order valence-electron chi connectivity index (χ4n) is 3.68. The topological polar surface area (TPSA) is 44.5 Å². The van der Waals surface area contributed by atoms with Crippen LogP contribution in [0.15, 0.2) is 36.4 Å². The molecule has 8 heteroatoms. The Hall–Kier alpha value is -2.35. The predicted octanol–water partition coefficient (Wildman–Crippen LogP) is 4.30. The van der Waals surface area contributed by atoms with E-state index in [1.807, 2.05) is 40.6 Å². The molecule has 0 aliphatic carbocycles. The molecule has 3 aromatic rings. The van der Waals surface area contributed by atoms with E-state index in [1.54, 1.807) is 14.2 Å². The zero-order chi connectivity index (χ0) is 20.5. The van der Waals surface area contributed by atoms with E-state index in [-0.39, 0.29) is 0 Å². The first-order valence-electron chi connectivity index (χ1n) is 9.36. The number of benzene rings is 2. The first-order chi connectivity index (χ1) is 14.0. The second-order valence-electron chi connectivity index (χ2n) is 7.09. The predicted molar refractivity (Wildman–Crippen MR) is 116 cm³/mol. The molecule has 0 amide bonds. The first kappa shape index (κ1) is 19.9. The normalized spacial score (nSPS) is 13.9. The quantitative estimate of drug-likeness (QED) is 0.564. The van der Waals surface area contributed by atoms with E-state index in [4.69, 9.17) is 38.4 Å². The minimum Gasteiger partial charge on any atom is -0.493 e. The molecule has 2 heterocycles. The molecule has 0 atom stereocenters. The third kappa shape index (κ3) is 3.90. The third-order valence-electron chi connectivity index (χ3n) is 5.27. The molecule has 152 valence electrons. The Kier molecular flexibility index (Phi) is 5.63. The summed E-state index contributed by atoms with van der Waals surface area (Å²) in [4.78, 5) is 2.34. The number of rotatable bonds is 5. The number of ether oxygens (including phenoxy) is 2. The summed E-state index contributed by atoms with van der Waals surface area (Å²) < 4.78 is 15.4. The van der Waals surface area contributed by atoms with Gasteiger partial charge < -0.3 is 14.0 Å². The van der Waals surface area contributed by atoms with Gasteiger partial charge in [0.1, 0.15) is 0 Å². The van der Waals surface area contributed by atoms with Crippen LogP contribution in [0.25, 0.3) is 11.4 Å². The number of fused-ring (bicyclic) bond motifs is 1. The Morgan fingerprint density at radius 3 is 2.38 bits per heavy atom. The number of methoxy groups -OCH3 is 2. The lowest BCUT2D eigenvalue weighted by Gasteiger charge is -2.29. The van der Waals surface area contributed by atoms with Crippen LogP contribution in [0.2, 0.25) is 5.02 Å². The summed E-state index contributed by atoms with van der Waals surface area (Å²) in [6.07, 6.45) is 0.944. The first-order valence-corrected chi connectivity index (χ1v) is 10.1. The number of halogens is 1. The van der Waals surface area contributed by atoms with E-state index in [0.717, 1.165) is 42.4 Å². The van der Waals surface area contributed by atoms with Gasteiger partial charge in [0.2, 0.25) is 0 Å². The molecular weight excluding hydrogens is 408 g/mol. The highest BCUT2D eigenvalue weighted by molar-refractivity contribution is 7.71. The van der Waals surface area contributed by atoms with Gasteiger partial charge in [0.05, 0.1) is 20.9 Å². The summed E-state index contributed by atoms with van der Waals surface area (Å²) in [7, 11) is 5.27. The van der Waals surface area contributed by atoms with Gasteiger partial charge in [0.15, 0.2) is 22.1 Å². The Labute approximate surface area is 180 Å². The molecule has 29 heavy (non-hydrogen) atoms. The van der Waals surface area contributed by atoms with Crippen molar-refractivity contribution in [3.8, 4) is 22.9 Å². The SMILES string of the molecule is COc1cc2c(cc1OC)CN(Cn1nc(-c3ccc(Cl)cc3)n(C)c1=S)CC2. The monoisotopic (exact) mass is 430 g/mol. The van der Waals surface area contributed by atoms with Crippen molar-refractivity contribution in [1.29, 1.82) is 0 Å². The summed E-state index contributed by atoms with van der Waals surface area (Å²) in [5.41, 5.74) is 3.53. The highest BCUT2D eigenvalue weighted by atomic mass is 35.5. The zero-order valence-corrected chi connectivity index (χ0v) is 18.3. The van der Waals surface area contributed by atoms with Crippen molar-refractivity contribution in [1.82, 2.24) is 19.2 Å². The Morgan fingerprint density at radius 2 is 1.72 bits per heavy atom. The van der Waals surface area contributed by atoms with Gasteiger partial charge in [-0.2, -0.15) is 5.10 Å². The van der Waals surface area contributed by atoms with Crippen LogP contribution >= 0.6 is 23.8 Å². The van der Waals surface area contributed by atoms with E-state index in [9.17, 15) is 0 Å². The maximum atomic E-state index is 6.01. The van der Waals surface area contributed by atoms with E-state index in [0.29, 0.717) is 16.5 Å². The van der Waals surface area contributed by atoms with Gasteiger partial charge in [-0.25, -0.2) is 4.68 Å². The molecule has 4 rings (SSSR count). The molecule has 0 N–H and O–H groups in total. The van der Waals surface area contributed by atoms with Gasteiger partial charge in [-0.1, -0.05) is 11.6 Å². The summed E-state index contributed by atoms with van der Waals surface area (Å²) in [6, 6.07) is 11.8. The standard InChI is InChI=1S/C21H23ClN4O2S/c1-24-20(14-4-6-17(22)7-5-14)23-26(21(24)29)13-25-9-8-15-10-18(27-2)19(28-3)11-16(15)12-25/h4-7,10-11H,8-9,12-13H2,1-3H3. The highest BCUT2D eigenvalue weighted by Gasteiger charge is 2.21. The Morgan fingerprint density at radius 1 is 1.07 bits per heavy atom. The minimum absolute atomic E-state index is 0.633. The number of hydrogen-bond acceptors (Lipinski definition) is 5. The molecule has 0 fully saturated rings. The molecule has 6 nitrogen and oxygen atoms in total. The van der Waals surface area contributed by atoms with Crippen LogP contribution in [-0.4, -0.2) is 40.0 Å². The largest absolute Gasteiger partial charge is 0.493 e. The second kappa shape index (κ2) is 8.18. The van der Waals surface area contributed by atoms with E-state index in [1.165, 1.54) is 11.1 Å². The lowest BCUT2D eigenvalue weighted by Crippen LogP contribution is -2.32. The van der Waals surface area contributed by atoms with Gasteiger partial charge in [0, 0.05) is 30.7 Å². The average Bonchev–Trinajstić information content (AvgIpc) is 3.01. The molecular formula is C21H23ClN4O2S. The molecule has 0 bridgehead atoms. The maximum Gasteiger partial charge on any atom is 0.199 e. The van der Waals surface area contributed by atoms with E-state index < -0.39 is 0 Å². The lowest BCUT2D eigenvalue weighted by molar-refractivity contribution is 0.187. The van der Waals surface area contributed by atoms with Crippen LogP contribution in [0.3, 0.4) is 0 Å². The van der Waals surface area contributed by atoms with E-state index in [2.05, 4.69) is 17.0 Å². The van der Waals surface area contributed by atoms with Crippen molar-refractivity contribution in [2.24, 2.45) is 7.05 Å². The smallest absolute Gasteiger partial charge is 0.199 e. The molecule has 1 aromatic heterocycles. The van der Waals surface area contributed by atoms with Crippen LogP contribution in [0.4, 0.5) is 0 Å². The van der Waals surface area contributed by atoms with Crippen LogP contribution in [0.5, 0.6) is 11.5 Å². The molecule has 2 aromatic carbocycles. The molecule has 0 radical (unpaired) electrons. The Bertz CT molecular complexity index is 1090. The highest BCUT2D eigenvalue weighted by Crippen LogP contribution is 2.33. The number of aromatic nitrogens is 3. The van der Waals surface area contributed by atoms with Crippen molar-refractivity contribution in [2.45, 2.75) is 19.6 Å². The fourth-order valence-corrected chi connectivity index (χ4v) is 3.99. The van der Waals surface area contributed by atoms with Crippen molar-refractivity contribution in [3.63, 3.8) is 0 Å². The van der Waals surface area contributed by atoms with Crippen molar-refractivity contribution in [2.75, 3.05) is 20.8 Å². The van der Waals surface area contributed by atoms with Crippen LogP contribution < -0.4 is 9.47 Å². The molecule has 1 aliphatic heterocycles. The minimum atomic E-state index is 0.633. The molecule has 1 aliphatic rings. The molecule has 0 saturated carbocycles. The molecule has 0 spiro atoms. The zero-order valence-electron chi connectivity index (χ0n) is 16.7. The van der Waals surface area contributed by atoms with Crippen molar-refractivity contribution >= 4 is 23.8 Å². The molecule has 0 unspecified atom stereocenters. The molecule has 0 saturated heterocycles. The number of hydrogen-bond donors (Lipinski definition) is 0. The van der Waals surface area contributed by atoms with Gasteiger partial charge in [0.25, 0.3) is 0 Å². The number of nitrogens with zero attached hydrogens (tertiary/aromatic N) is 4. The van der Waals surface area contributed by atoms with Gasteiger partial charge in [-0.05, 0) is 66.2 Å². The second-order valence-corrected chi connectivity index (χ2v) is 7.89. The third-order valence-corrected chi connectivity index (χ3v) is 6.01. The maximum absolute atomic E-state index is 6.01.